The van der Waals surface area contributed by atoms with Gasteiger partial charge in [-0.3, -0.25) is 4.90 Å². The van der Waals surface area contributed by atoms with E-state index >= 15 is 0 Å². The monoisotopic (exact) mass is 352 g/mol. The Labute approximate surface area is 156 Å². The van der Waals surface area contributed by atoms with Crippen molar-refractivity contribution in [2.24, 2.45) is 0 Å². The van der Waals surface area contributed by atoms with Crippen LogP contribution in [0.15, 0.2) is 53.4 Å². The van der Waals surface area contributed by atoms with Gasteiger partial charge in [-0.15, -0.1) is 11.8 Å². The van der Waals surface area contributed by atoms with E-state index in [-0.39, 0.29) is 0 Å². The molecule has 2 unspecified atom stereocenters. The lowest BCUT2D eigenvalue weighted by molar-refractivity contribution is 0.0952. The van der Waals surface area contributed by atoms with Gasteiger partial charge in [0.05, 0.1) is 0 Å². The van der Waals surface area contributed by atoms with E-state index in [2.05, 4.69) is 72.3 Å². The molecule has 2 heterocycles. The van der Waals surface area contributed by atoms with Crippen LogP contribution in [0.5, 0.6) is 0 Å². The highest BCUT2D eigenvalue weighted by Gasteiger charge is 2.34. The molecule has 2 atom stereocenters. The molecule has 4 rings (SSSR count). The predicted molar refractivity (Wildman–Crippen MR) is 108 cm³/mol. The summed E-state index contributed by atoms with van der Waals surface area (Å²) in [5.41, 5.74) is 4.44. The van der Waals surface area contributed by atoms with Gasteiger partial charge in [0, 0.05) is 43.0 Å². The zero-order valence-electron chi connectivity index (χ0n) is 15.3. The molecule has 2 nitrogen and oxygen atoms in total. The molecule has 3 heteroatoms. The molecule has 25 heavy (non-hydrogen) atoms. The fourth-order valence-electron chi connectivity index (χ4n) is 4.30. The fourth-order valence-corrected chi connectivity index (χ4v) is 5.40. The van der Waals surface area contributed by atoms with Crippen LogP contribution < -0.4 is 0 Å². The lowest BCUT2D eigenvalue weighted by Gasteiger charge is -2.41. The van der Waals surface area contributed by atoms with Gasteiger partial charge in [0.2, 0.25) is 0 Å². The fraction of sp³-hybridized carbons (Fsp3) is 0.455. The minimum atomic E-state index is 0.501. The van der Waals surface area contributed by atoms with E-state index in [4.69, 9.17) is 0 Å². The van der Waals surface area contributed by atoms with E-state index in [1.54, 1.807) is 5.56 Å². The summed E-state index contributed by atoms with van der Waals surface area (Å²) in [5, 5.41) is 0. The minimum Gasteiger partial charge on any atom is -0.304 e. The first kappa shape index (κ1) is 17.1. The third kappa shape index (κ3) is 3.64. The Kier molecular flexibility index (Phi) is 5.16. The van der Waals surface area contributed by atoms with Crippen molar-refractivity contribution in [2.45, 2.75) is 30.2 Å². The van der Waals surface area contributed by atoms with Crippen LogP contribution in [-0.4, -0.2) is 48.8 Å². The van der Waals surface area contributed by atoms with Crippen LogP contribution in [0.1, 0.15) is 35.1 Å². The molecule has 0 bridgehead atoms. The van der Waals surface area contributed by atoms with Crippen LogP contribution in [0.25, 0.3) is 0 Å². The number of hydrogen-bond acceptors (Lipinski definition) is 3. The largest absolute Gasteiger partial charge is 0.304 e. The second kappa shape index (κ2) is 7.53. The van der Waals surface area contributed by atoms with Gasteiger partial charge in [0.25, 0.3) is 0 Å². The Hall–Kier alpha value is -1.29. The molecule has 0 amide bonds. The SMILES string of the molecule is Cc1ccc2c(c1)C(N1CCN(C)CC1)C(c1ccccc1)CCS2. The van der Waals surface area contributed by atoms with Crippen molar-refractivity contribution in [3.05, 3.63) is 65.2 Å². The smallest absolute Gasteiger partial charge is 0.0429 e. The van der Waals surface area contributed by atoms with Crippen molar-refractivity contribution < 1.29 is 0 Å². The summed E-state index contributed by atoms with van der Waals surface area (Å²) in [6, 6.07) is 18.8. The highest BCUT2D eigenvalue weighted by molar-refractivity contribution is 7.99. The van der Waals surface area contributed by atoms with Gasteiger partial charge in [-0.2, -0.15) is 0 Å². The molecule has 0 radical (unpaired) electrons. The Bertz CT molecular complexity index is 707. The maximum Gasteiger partial charge on any atom is 0.0429 e. The Morgan fingerprint density at radius 3 is 2.48 bits per heavy atom. The number of benzene rings is 2. The number of thioether (sulfide) groups is 1. The summed E-state index contributed by atoms with van der Waals surface area (Å²) in [6.45, 7) is 6.91. The first-order chi connectivity index (χ1) is 12.2. The van der Waals surface area contributed by atoms with E-state index in [1.165, 1.54) is 54.4 Å². The van der Waals surface area contributed by atoms with E-state index in [1.807, 2.05) is 11.8 Å². The minimum absolute atomic E-state index is 0.501. The third-order valence-corrected chi connectivity index (χ3v) is 6.83. The summed E-state index contributed by atoms with van der Waals surface area (Å²) >= 11 is 2.05. The molecule has 2 aliphatic heterocycles. The van der Waals surface area contributed by atoms with Crippen molar-refractivity contribution in [3.8, 4) is 0 Å². The number of piperazine rings is 1. The van der Waals surface area contributed by atoms with Gasteiger partial charge in [-0.1, -0.05) is 48.0 Å². The number of hydrogen-bond donors (Lipinski definition) is 0. The molecule has 132 valence electrons. The van der Waals surface area contributed by atoms with Crippen LogP contribution in [0.3, 0.4) is 0 Å². The third-order valence-electron chi connectivity index (χ3n) is 5.71. The van der Waals surface area contributed by atoms with Crippen molar-refractivity contribution in [1.82, 2.24) is 9.80 Å². The highest BCUT2D eigenvalue weighted by Crippen LogP contribution is 2.46. The quantitative estimate of drug-likeness (QED) is 0.782. The predicted octanol–water partition coefficient (Wildman–Crippen LogP) is 4.56. The summed E-state index contributed by atoms with van der Waals surface area (Å²) in [7, 11) is 2.24. The average Bonchev–Trinajstić information content (AvgIpc) is 2.82. The van der Waals surface area contributed by atoms with Crippen molar-refractivity contribution in [2.75, 3.05) is 39.0 Å². The average molecular weight is 353 g/mol. The van der Waals surface area contributed by atoms with Crippen LogP contribution in [0, 0.1) is 6.92 Å². The molecule has 0 aliphatic carbocycles. The van der Waals surface area contributed by atoms with Crippen molar-refractivity contribution in [3.63, 3.8) is 0 Å². The number of nitrogens with zero attached hydrogens (tertiary/aromatic N) is 2. The van der Waals surface area contributed by atoms with Crippen molar-refractivity contribution in [1.29, 1.82) is 0 Å². The van der Waals surface area contributed by atoms with Gasteiger partial charge in [0.1, 0.15) is 0 Å². The summed E-state index contributed by atoms with van der Waals surface area (Å²) in [5.74, 6) is 1.79. The second-order valence-corrected chi connectivity index (χ2v) is 8.62. The first-order valence-corrected chi connectivity index (χ1v) is 10.4. The van der Waals surface area contributed by atoms with E-state index in [0.29, 0.717) is 12.0 Å². The van der Waals surface area contributed by atoms with Crippen LogP contribution >= 0.6 is 11.8 Å². The highest BCUT2D eigenvalue weighted by atomic mass is 32.2. The molecule has 0 spiro atoms. The molecule has 1 saturated heterocycles. The number of rotatable bonds is 2. The zero-order valence-corrected chi connectivity index (χ0v) is 16.1. The summed E-state index contributed by atoms with van der Waals surface area (Å²) in [6.07, 6.45) is 1.25. The van der Waals surface area contributed by atoms with Gasteiger partial charge in [-0.05, 0) is 43.3 Å². The lowest BCUT2D eigenvalue weighted by Crippen LogP contribution is -2.47. The Morgan fingerprint density at radius 2 is 1.72 bits per heavy atom. The molecule has 2 aromatic carbocycles. The van der Waals surface area contributed by atoms with Crippen LogP contribution in [0.4, 0.5) is 0 Å². The van der Waals surface area contributed by atoms with Crippen molar-refractivity contribution >= 4 is 11.8 Å². The maximum absolute atomic E-state index is 2.75. The molecular formula is C22H28N2S. The molecular weight excluding hydrogens is 324 g/mol. The van der Waals surface area contributed by atoms with Gasteiger partial charge in [-0.25, -0.2) is 0 Å². The number of likely N-dealkylation sites (N-methyl/N-ethyl adjacent to an activating group) is 1. The maximum atomic E-state index is 2.75. The zero-order chi connectivity index (χ0) is 17.2. The standard InChI is InChI=1S/C22H28N2S/c1-17-8-9-21-20(16-17)22(24-13-11-23(2)12-14-24)19(10-15-25-21)18-6-4-3-5-7-18/h3-9,16,19,22H,10-15H2,1-2H3. The first-order valence-electron chi connectivity index (χ1n) is 9.43. The second-order valence-electron chi connectivity index (χ2n) is 7.48. The van der Waals surface area contributed by atoms with Gasteiger partial charge >= 0.3 is 0 Å². The van der Waals surface area contributed by atoms with Crippen LogP contribution in [0.2, 0.25) is 0 Å². The van der Waals surface area contributed by atoms with Gasteiger partial charge < -0.3 is 4.90 Å². The normalized spacial score (nSPS) is 25.4. The summed E-state index contributed by atoms with van der Waals surface area (Å²) < 4.78 is 0. The molecule has 2 aromatic rings. The molecule has 0 saturated carbocycles. The summed E-state index contributed by atoms with van der Waals surface area (Å²) in [4.78, 5) is 6.70. The van der Waals surface area contributed by atoms with Crippen LogP contribution in [-0.2, 0) is 0 Å². The molecule has 2 aliphatic rings. The molecule has 1 fully saturated rings. The lowest BCUT2D eigenvalue weighted by atomic mass is 9.83. The Morgan fingerprint density at radius 1 is 0.960 bits per heavy atom. The topological polar surface area (TPSA) is 6.48 Å². The van der Waals surface area contributed by atoms with Gasteiger partial charge in [0.15, 0.2) is 0 Å². The number of fused-ring (bicyclic) bond motifs is 1. The molecule has 0 N–H and O–H groups in total. The molecule has 0 aromatic heterocycles. The van der Waals surface area contributed by atoms with E-state index in [0.717, 1.165) is 0 Å². The van der Waals surface area contributed by atoms with E-state index < -0.39 is 0 Å². The number of aryl methyl sites for hydroxylation is 1. The van der Waals surface area contributed by atoms with E-state index in [9.17, 15) is 0 Å². The Balaban J connectivity index is 1.77.